The lowest BCUT2D eigenvalue weighted by Crippen LogP contribution is -2.44. The molecule has 0 amide bonds. The monoisotopic (exact) mass is 197 g/mol. The lowest BCUT2D eigenvalue weighted by atomic mass is 9.86. The smallest absolute Gasteiger partial charge is 0.127 e. The van der Waals surface area contributed by atoms with Gasteiger partial charge in [0.1, 0.15) is 11.6 Å². The van der Waals surface area contributed by atoms with E-state index in [2.05, 4.69) is 0 Å². The van der Waals surface area contributed by atoms with Crippen molar-refractivity contribution in [3.63, 3.8) is 0 Å². The number of rotatable bonds is 1. The van der Waals surface area contributed by atoms with E-state index in [0.717, 1.165) is 0 Å². The average molecular weight is 197 g/mol. The van der Waals surface area contributed by atoms with Gasteiger partial charge in [-0.05, 0) is 6.07 Å². The van der Waals surface area contributed by atoms with Crippen molar-refractivity contribution in [3.05, 3.63) is 29.6 Å². The van der Waals surface area contributed by atoms with Crippen LogP contribution in [0.3, 0.4) is 0 Å². The Hall–Kier alpha value is -1.13. The molecule has 76 valence electrons. The molecule has 0 bridgehead atoms. The summed E-state index contributed by atoms with van der Waals surface area (Å²) in [6, 6.07) is 4.19. The number of halogens is 1. The van der Waals surface area contributed by atoms with Gasteiger partial charge in [-0.3, -0.25) is 0 Å². The Morgan fingerprint density at radius 2 is 2.36 bits per heavy atom. The van der Waals surface area contributed by atoms with E-state index in [1.165, 1.54) is 12.1 Å². The van der Waals surface area contributed by atoms with Gasteiger partial charge in [0.05, 0.1) is 18.8 Å². The Bertz CT molecular complexity index is 356. The second-order valence-electron chi connectivity index (χ2n) is 3.55. The second-order valence-corrected chi connectivity index (χ2v) is 3.55. The van der Waals surface area contributed by atoms with Crippen LogP contribution < -0.4 is 10.5 Å². The summed E-state index contributed by atoms with van der Waals surface area (Å²) in [5.41, 5.74) is 5.85. The molecule has 1 aliphatic rings. The molecule has 0 radical (unpaired) electrons. The van der Waals surface area contributed by atoms with Crippen molar-refractivity contribution in [1.29, 1.82) is 0 Å². The van der Waals surface area contributed by atoms with Gasteiger partial charge in [-0.15, -0.1) is 0 Å². The zero-order valence-corrected chi connectivity index (χ0v) is 7.66. The Kier molecular flexibility index (Phi) is 2.17. The summed E-state index contributed by atoms with van der Waals surface area (Å²) in [5.74, 6) is 0.0822. The van der Waals surface area contributed by atoms with Crippen molar-refractivity contribution >= 4 is 0 Å². The summed E-state index contributed by atoms with van der Waals surface area (Å²) in [4.78, 5) is 0. The lowest BCUT2D eigenvalue weighted by Gasteiger charge is -2.33. The van der Waals surface area contributed by atoms with Crippen molar-refractivity contribution < 1.29 is 14.2 Å². The van der Waals surface area contributed by atoms with Gasteiger partial charge in [-0.1, -0.05) is 6.07 Å². The number of ether oxygens (including phenoxy) is 1. The van der Waals surface area contributed by atoms with Gasteiger partial charge in [0, 0.05) is 18.1 Å². The molecule has 3 N–H and O–H groups in total. The van der Waals surface area contributed by atoms with Gasteiger partial charge in [0.25, 0.3) is 0 Å². The van der Waals surface area contributed by atoms with Crippen molar-refractivity contribution in [1.82, 2.24) is 0 Å². The van der Waals surface area contributed by atoms with Crippen LogP contribution in [0.25, 0.3) is 0 Å². The van der Waals surface area contributed by atoms with Crippen molar-refractivity contribution in [2.24, 2.45) is 5.73 Å². The highest BCUT2D eigenvalue weighted by molar-refractivity contribution is 5.41. The largest absolute Gasteiger partial charge is 0.493 e. The van der Waals surface area contributed by atoms with Gasteiger partial charge in [0.2, 0.25) is 0 Å². The molecule has 1 atom stereocenters. The van der Waals surface area contributed by atoms with E-state index in [0.29, 0.717) is 24.3 Å². The molecule has 0 aliphatic carbocycles. The maximum Gasteiger partial charge on any atom is 0.127 e. The number of nitrogens with two attached hydrogens (primary N) is 1. The fourth-order valence-electron chi connectivity index (χ4n) is 1.67. The molecule has 0 saturated heterocycles. The SMILES string of the molecule is NC1(CO)CCOc2cc(F)ccc21. The van der Waals surface area contributed by atoms with Crippen LogP contribution in [0, 0.1) is 5.82 Å². The predicted molar refractivity (Wildman–Crippen MR) is 49.5 cm³/mol. The highest BCUT2D eigenvalue weighted by atomic mass is 19.1. The van der Waals surface area contributed by atoms with Gasteiger partial charge in [-0.2, -0.15) is 0 Å². The first-order chi connectivity index (χ1) is 6.65. The maximum absolute atomic E-state index is 12.9. The Balaban J connectivity index is 2.50. The first-order valence-corrected chi connectivity index (χ1v) is 4.48. The summed E-state index contributed by atoms with van der Waals surface area (Å²) in [6.45, 7) is 0.252. The van der Waals surface area contributed by atoms with E-state index >= 15 is 0 Å². The molecular weight excluding hydrogens is 185 g/mol. The third-order valence-corrected chi connectivity index (χ3v) is 2.57. The molecule has 3 nitrogen and oxygen atoms in total. The van der Waals surface area contributed by atoms with Crippen LogP contribution in [0.1, 0.15) is 12.0 Å². The van der Waals surface area contributed by atoms with Gasteiger partial charge >= 0.3 is 0 Å². The summed E-state index contributed by atoms with van der Waals surface area (Å²) in [5, 5.41) is 9.19. The third-order valence-electron chi connectivity index (χ3n) is 2.57. The Morgan fingerprint density at radius 3 is 3.07 bits per heavy atom. The van der Waals surface area contributed by atoms with Gasteiger partial charge in [0.15, 0.2) is 0 Å². The number of fused-ring (bicyclic) bond motifs is 1. The third kappa shape index (κ3) is 1.36. The molecular formula is C10H12FNO2. The average Bonchev–Trinajstić information content (AvgIpc) is 2.18. The van der Waals surface area contributed by atoms with Crippen LogP contribution >= 0.6 is 0 Å². The van der Waals surface area contributed by atoms with E-state index in [1.54, 1.807) is 6.07 Å². The zero-order chi connectivity index (χ0) is 10.2. The minimum absolute atomic E-state index is 0.158. The Labute approximate surface area is 81.3 Å². The molecule has 1 heterocycles. The van der Waals surface area contributed by atoms with Crippen LogP contribution in [0.15, 0.2) is 18.2 Å². The van der Waals surface area contributed by atoms with Gasteiger partial charge < -0.3 is 15.6 Å². The topological polar surface area (TPSA) is 55.5 Å². The summed E-state index contributed by atoms with van der Waals surface area (Å²) >= 11 is 0. The summed E-state index contributed by atoms with van der Waals surface area (Å²) < 4.78 is 18.1. The molecule has 2 rings (SSSR count). The quantitative estimate of drug-likeness (QED) is 0.698. The minimum Gasteiger partial charge on any atom is -0.493 e. The number of benzene rings is 1. The molecule has 1 unspecified atom stereocenters. The van der Waals surface area contributed by atoms with Crippen molar-refractivity contribution in [3.8, 4) is 5.75 Å². The number of aliphatic hydroxyl groups is 1. The number of hydrogen-bond donors (Lipinski definition) is 2. The van der Waals surface area contributed by atoms with Crippen LogP contribution in [0.5, 0.6) is 5.75 Å². The molecule has 1 aliphatic heterocycles. The maximum atomic E-state index is 12.9. The van der Waals surface area contributed by atoms with E-state index in [9.17, 15) is 9.50 Å². The standard InChI is InChI=1S/C10H12FNO2/c11-7-1-2-8-9(5-7)14-4-3-10(8,12)6-13/h1-2,5,13H,3-4,6,12H2. The molecule has 4 heteroatoms. The highest BCUT2D eigenvalue weighted by Gasteiger charge is 2.33. The molecule has 0 spiro atoms. The summed E-state index contributed by atoms with van der Waals surface area (Å²) in [7, 11) is 0. The molecule has 1 aromatic rings. The fraction of sp³-hybridized carbons (Fsp3) is 0.400. The normalized spacial score (nSPS) is 25.4. The number of aliphatic hydroxyl groups excluding tert-OH is 1. The van der Waals surface area contributed by atoms with Crippen LogP contribution in [-0.2, 0) is 5.54 Å². The van der Waals surface area contributed by atoms with E-state index in [4.69, 9.17) is 10.5 Å². The van der Waals surface area contributed by atoms with E-state index < -0.39 is 5.54 Å². The van der Waals surface area contributed by atoms with Gasteiger partial charge in [-0.25, -0.2) is 4.39 Å². The van der Waals surface area contributed by atoms with Crippen molar-refractivity contribution in [2.45, 2.75) is 12.0 Å². The molecule has 0 aromatic heterocycles. The summed E-state index contributed by atoms with van der Waals surface area (Å²) in [6.07, 6.45) is 0.544. The first kappa shape index (κ1) is 9.43. The highest BCUT2D eigenvalue weighted by Crippen LogP contribution is 2.35. The molecule has 0 fully saturated rings. The lowest BCUT2D eigenvalue weighted by molar-refractivity contribution is 0.138. The van der Waals surface area contributed by atoms with Crippen LogP contribution in [0.4, 0.5) is 4.39 Å². The zero-order valence-electron chi connectivity index (χ0n) is 7.66. The molecule has 0 saturated carbocycles. The van der Waals surface area contributed by atoms with Crippen molar-refractivity contribution in [2.75, 3.05) is 13.2 Å². The molecule has 1 aromatic carbocycles. The van der Waals surface area contributed by atoms with E-state index in [-0.39, 0.29) is 12.4 Å². The minimum atomic E-state index is -0.790. The fourth-order valence-corrected chi connectivity index (χ4v) is 1.67. The van der Waals surface area contributed by atoms with Crippen LogP contribution in [-0.4, -0.2) is 18.3 Å². The predicted octanol–water partition coefficient (Wildman–Crippen LogP) is 0.755. The second kappa shape index (κ2) is 3.22. The van der Waals surface area contributed by atoms with E-state index in [1.807, 2.05) is 0 Å². The van der Waals surface area contributed by atoms with Crippen LogP contribution in [0.2, 0.25) is 0 Å². The first-order valence-electron chi connectivity index (χ1n) is 4.48. The number of hydrogen-bond acceptors (Lipinski definition) is 3. The Morgan fingerprint density at radius 1 is 1.57 bits per heavy atom. The molecule has 14 heavy (non-hydrogen) atoms.